The summed E-state index contributed by atoms with van der Waals surface area (Å²) in [4.78, 5) is 11.3. The molecule has 1 atom stereocenters. The molecule has 0 aliphatic rings. The highest BCUT2D eigenvalue weighted by Gasteiger charge is 2.02. The van der Waals surface area contributed by atoms with E-state index in [4.69, 9.17) is 14.6 Å². The summed E-state index contributed by atoms with van der Waals surface area (Å²) in [7, 11) is 1.64. The lowest BCUT2D eigenvalue weighted by Crippen LogP contribution is -2.25. The Morgan fingerprint density at radius 1 is 1.29 bits per heavy atom. The first-order chi connectivity index (χ1) is 8.16. The molecular formula is C12H25NO4. The number of carbonyl (C=O) groups is 1. The van der Waals surface area contributed by atoms with Gasteiger partial charge in [-0.2, -0.15) is 0 Å². The molecule has 0 heterocycles. The number of carbonyl (C=O) groups excluding carboxylic acids is 1. The molecular weight excluding hydrogens is 222 g/mol. The molecule has 0 aliphatic heterocycles. The maximum Gasteiger partial charge on any atom is 0.220 e. The average molecular weight is 247 g/mol. The Bertz CT molecular complexity index is 185. The quantitative estimate of drug-likeness (QED) is 0.528. The molecule has 0 fully saturated rings. The number of unbranched alkanes of at least 4 members (excludes halogenated alkanes) is 1. The van der Waals surface area contributed by atoms with Crippen LogP contribution in [-0.4, -0.2) is 50.6 Å². The van der Waals surface area contributed by atoms with Crippen LogP contribution in [0.4, 0.5) is 0 Å². The Labute approximate surface area is 103 Å². The normalized spacial score (nSPS) is 12.4. The monoisotopic (exact) mass is 247 g/mol. The Balaban J connectivity index is 3.14. The van der Waals surface area contributed by atoms with Crippen molar-refractivity contribution in [2.45, 2.75) is 38.7 Å². The van der Waals surface area contributed by atoms with Crippen LogP contribution in [0.25, 0.3) is 0 Å². The second-order valence-corrected chi connectivity index (χ2v) is 4.05. The molecule has 1 amide bonds. The molecule has 5 nitrogen and oxygen atoms in total. The van der Waals surface area contributed by atoms with E-state index in [1.165, 1.54) is 0 Å². The van der Waals surface area contributed by atoms with E-state index in [1.807, 2.05) is 0 Å². The number of rotatable bonds is 11. The van der Waals surface area contributed by atoms with Gasteiger partial charge in [-0.15, -0.1) is 0 Å². The summed E-state index contributed by atoms with van der Waals surface area (Å²) in [6, 6.07) is 0. The van der Waals surface area contributed by atoms with Crippen molar-refractivity contribution in [1.82, 2.24) is 5.32 Å². The maximum absolute atomic E-state index is 11.3. The van der Waals surface area contributed by atoms with E-state index in [2.05, 4.69) is 5.32 Å². The molecule has 0 bridgehead atoms. The van der Waals surface area contributed by atoms with Gasteiger partial charge in [-0.3, -0.25) is 4.79 Å². The van der Waals surface area contributed by atoms with Crippen molar-refractivity contribution in [3.8, 4) is 0 Å². The highest BCUT2D eigenvalue weighted by molar-refractivity contribution is 5.75. The molecule has 5 heteroatoms. The maximum atomic E-state index is 11.3. The van der Waals surface area contributed by atoms with Gasteiger partial charge < -0.3 is 19.9 Å². The second-order valence-electron chi connectivity index (χ2n) is 4.05. The van der Waals surface area contributed by atoms with E-state index in [0.29, 0.717) is 39.2 Å². The lowest BCUT2D eigenvalue weighted by molar-refractivity contribution is -0.121. The molecule has 0 spiro atoms. The molecule has 1 unspecified atom stereocenters. The van der Waals surface area contributed by atoms with E-state index < -0.39 is 6.10 Å². The van der Waals surface area contributed by atoms with Crippen molar-refractivity contribution in [2.24, 2.45) is 0 Å². The Hall–Kier alpha value is -0.650. The molecule has 0 saturated heterocycles. The minimum absolute atomic E-state index is 0.00574. The molecule has 0 rings (SSSR count). The van der Waals surface area contributed by atoms with Gasteiger partial charge in [0.15, 0.2) is 0 Å². The number of amides is 1. The van der Waals surface area contributed by atoms with Gasteiger partial charge in [0, 0.05) is 26.7 Å². The molecule has 0 aromatic heterocycles. The zero-order valence-corrected chi connectivity index (χ0v) is 10.9. The molecule has 0 radical (unpaired) electrons. The summed E-state index contributed by atoms with van der Waals surface area (Å²) in [5, 5.41) is 11.8. The minimum atomic E-state index is -0.407. The second kappa shape index (κ2) is 11.8. The molecule has 0 aliphatic carbocycles. The van der Waals surface area contributed by atoms with Gasteiger partial charge in [0.1, 0.15) is 0 Å². The van der Waals surface area contributed by atoms with Crippen LogP contribution in [0, 0.1) is 0 Å². The van der Waals surface area contributed by atoms with Crippen molar-refractivity contribution in [1.29, 1.82) is 0 Å². The molecule has 0 aromatic rings. The van der Waals surface area contributed by atoms with E-state index in [-0.39, 0.29) is 5.91 Å². The van der Waals surface area contributed by atoms with Crippen molar-refractivity contribution < 1.29 is 19.4 Å². The third-order valence-electron chi connectivity index (χ3n) is 2.26. The minimum Gasteiger partial charge on any atom is -0.393 e. The van der Waals surface area contributed by atoms with Crippen LogP contribution in [0.15, 0.2) is 0 Å². The zero-order valence-electron chi connectivity index (χ0n) is 10.9. The van der Waals surface area contributed by atoms with Crippen LogP contribution >= 0.6 is 0 Å². The third-order valence-corrected chi connectivity index (χ3v) is 2.26. The summed E-state index contributed by atoms with van der Waals surface area (Å²) in [5.41, 5.74) is 0. The highest BCUT2D eigenvalue weighted by Crippen LogP contribution is 1.95. The summed E-state index contributed by atoms with van der Waals surface area (Å²) in [6.45, 7) is 4.30. The summed E-state index contributed by atoms with van der Waals surface area (Å²) in [6.07, 6.45) is 2.34. The first-order valence-corrected chi connectivity index (χ1v) is 6.18. The predicted octanol–water partition coefficient (Wildman–Crippen LogP) is 0.707. The van der Waals surface area contributed by atoms with Gasteiger partial charge in [0.25, 0.3) is 0 Å². The van der Waals surface area contributed by atoms with E-state index in [1.54, 1.807) is 14.0 Å². The number of nitrogens with one attached hydrogen (secondary N) is 1. The van der Waals surface area contributed by atoms with Crippen LogP contribution in [-0.2, 0) is 14.3 Å². The third kappa shape index (κ3) is 13.3. The fourth-order valence-corrected chi connectivity index (χ4v) is 1.23. The summed E-state index contributed by atoms with van der Waals surface area (Å²) < 4.78 is 10.1. The van der Waals surface area contributed by atoms with Crippen molar-refractivity contribution >= 4 is 5.91 Å². The Morgan fingerprint density at radius 2 is 2.06 bits per heavy atom. The highest BCUT2D eigenvalue weighted by atomic mass is 16.5. The number of hydrogen-bond acceptors (Lipinski definition) is 4. The summed E-state index contributed by atoms with van der Waals surface area (Å²) >= 11 is 0. The van der Waals surface area contributed by atoms with Crippen molar-refractivity contribution in [3.05, 3.63) is 0 Å². The zero-order chi connectivity index (χ0) is 12.9. The van der Waals surface area contributed by atoms with Crippen molar-refractivity contribution in [3.63, 3.8) is 0 Å². The number of aliphatic hydroxyl groups excluding tert-OH is 1. The van der Waals surface area contributed by atoms with E-state index in [9.17, 15) is 4.79 Å². The topological polar surface area (TPSA) is 67.8 Å². The van der Waals surface area contributed by atoms with Crippen LogP contribution in [0.5, 0.6) is 0 Å². The van der Waals surface area contributed by atoms with Crippen LogP contribution in [0.1, 0.15) is 32.6 Å². The lowest BCUT2D eigenvalue weighted by Gasteiger charge is -2.06. The average Bonchev–Trinajstić information content (AvgIpc) is 2.30. The van der Waals surface area contributed by atoms with Crippen LogP contribution in [0.2, 0.25) is 0 Å². The van der Waals surface area contributed by atoms with Gasteiger partial charge in [-0.1, -0.05) is 0 Å². The van der Waals surface area contributed by atoms with Gasteiger partial charge in [-0.25, -0.2) is 0 Å². The molecule has 17 heavy (non-hydrogen) atoms. The number of aliphatic hydroxyl groups is 1. The predicted molar refractivity (Wildman–Crippen MR) is 65.9 cm³/mol. The van der Waals surface area contributed by atoms with Crippen LogP contribution in [0.3, 0.4) is 0 Å². The SMILES string of the molecule is COCCOCCCCNC(=O)CCC(C)O. The first kappa shape index (κ1) is 16.4. The van der Waals surface area contributed by atoms with Gasteiger partial charge in [0.05, 0.1) is 19.3 Å². The van der Waals surface area contributed by atoms with E-state index >= 15 is 0 Å². The molecule has 2 N–H and O–H groups in total. The molecule has 102 valence electrons. The Morgan fingerprint density at radius 3 is 2.71 bits per heavy atom. The van der Waals surface area contributed by atoms with Gasteiger partial charge in [0.2, 0.25) is 5.91 Å². The molecule has 0 saturated carbocycles. The first-order valence-electron chi connectivity index (χ1n) is 6.18. The largest absolute Gasteiger partial charge is 0.393 e. The smallest absolute Gasteiger partial charge is 0.220 e. The fourth-order valence-electron chi connectivity index (χ4n) is 1.23. The Kier molecular flexibility index (Phi) is 11.4. The summed E-state index contributed by atoms with van der Waals surface area (Å²) in [5.74, 6) is 0.00574. The fraction of sp³-hybridized carbons (Fsp3) is 0.917. The number of methoxy groups -OCH3 is 1. The lowest BCUT2D eigenvalue weighted by atomic mass is 10.2. The van der Waals surface area contributed by atoms with Crippen LogP contribution < -0.4 is 5.32 Å². The molecule has 0 aromatic carbocycles. The number of hydrogen-bond donors (Lipinski definition) is 2. The van der Waals surface area contributed by atoms with Gasteiger partial charge in [-0.05, 0) is 26.2 Å². The van der Waals surface area contributed by atoms with Crippen molar-refractivity contribution in [2.75, 3.05) is 33.5 Å². The number of ether oxygens (including phenoxy) is 2. The van der Waals surface area contributed by atoms with Gasteiger partial charge >= 0.3 is 0 Å². The van der Waals surface area contributed by atoms with E-state index in [0.717, 1.165) is 12.8 Å². The standard InChI is InChI=1S/C12H25NO4/c1-11(14)5-6-12(15)13-7-3-4-8-17-10-9-16-2/h11,14H,3-10H2,1-2H3,(H,13,15).